The highest BCUT2D eigenvalue weighted by molar-refractivity contribution is 7.99. The van der Waals surface area contributed by atoms with E-state index in [1.807, 2.05) is 30.3 Å². The number of hydrogen-bond acceptors (Lipinski definition) is 3. The highest BCUT2D eigenvalue weighted by atomic mass is 32.2. The minimum absolute atomic E-state index is 0.0625. The first-order valence-electron chi connectivity index (χ1n) is 5.91. The van der Waals surface area contributed by atoms with Crippen LogP contribution in [0.1, 0.15) is 16.7 Å². The molecule has 0 bridgehead atoms. The smallest absolute Gasteiger partial charge is 0.0692 e. The Kier molecular flexibility index (Phi) is 4.42. The van der Waals surface area contributed by atoms with Gasteiger partial charge in [-0.25, -0.2) is 0 Å². The van der Waals surface area contributed by atoms with Gasteiger partial charge >= 0.3 is 0 Å². The fourth-order valence-electron chi connectivity index (χ4n) is 1.86. The van der Waals surface area contributed by atoms with Crippen LogP contribution in [0.3, 0.4) is 0 Å². The molecule has 0 amide bonds. The second kappa shape index (κ2) is 6.05. The zero-order chi connectivity index (χ0) is 13.0. The number of benzene rings is 2. The average molecular weight is 259 g/mol. The first-order chi connectivity index (χ1) is 8.76. The predicted molar refractivity (Wildman–Crippen MR) is 75.6 cm³/mol. The predicted octanol–water partition coefficient (Wildman–Crippen LogP) is 3.10. The molecule has 0 aliphatic rings. The molecular weight excluding hydrogens is 242 g/mol. The number of rotatable bonds is 4. The molecule has 18 heavy (non-hydrogen) atoms. The number of aryl methyl sites for hydroxylation is 1. The first-order valence-corrected chi connectivity index (χ1v) is 6.73. The molecule has 0 unspecified atom stereocenters. The summed E-state index contributed by atoms with van der Waals surface area (Å²) in [4.78, 5) is 2.28. The van der Waals surface area contributed by atoms with Crippen molar-refractivity contribution in [2.45, 2.75) is 29.9 Å². The lowest BCUT2D eigenvalue weighted by Crippen LogP contribution is -2.00. The van der Waals surface area contributed by atoms with Gasteiger partial charge in [0.2, 0.25) is 0 Å². The lowest BCUT2D eigenvalue weighted by molar-refractivity contribution is 0.279. The van der Waals surface area contributed by atoms with Crippen LogP contribution in [0.25, 0.3) is 0 Å². The maximum atomic E-state index is 9.35. The minimum atomic E-state index is 0.0625. The van der Waals surface area contributed by atoms with Crippen molar-refractivity contribution in [3.05, 3.63) is 59.2 Å². The van der Waals surface area contributed by atoms with Crippen molar-refractivity contribution in [2.75, 3.05) is 0 Å². The average Bonchev–Trinajstić information content (AvgIpc) is 2.41. The van der Waals surface area contributed by atoms with Gasteiger partial charge in [0.05, 0.1) is 6.61 Å². The molecule has 0 aromatic heterocycles. The molecule has 94 valence electrons. The fraction of sp³-hybridized carbons (Fsp3) is 0.200. The second-order valence-electron chi connectivity index (χ2n) is 4.14. The SMILES string of the molecule is Cc1cccc(CN)c1Sc1ccccc1CO. The lowest BCUT2D eigenvalue weighted by Gasteiger charge is -2.12. The molecule has 0 heterocycles. The number of aliphatic hydroxyl groups excluding tert-OH is 1. The van der Waals surface area contributed by atoms with E-state index in [1.165, 1.54) is 10.5 Å². The van der Waals surface area contributed by atoms with Crippen molar-refractivity contribution >= 4 is 11.8 Å². The molecule has 0 saturated carbocycles. The molecule has 2 rings (SSSR count). The van der Waals surface area contributed by atoms with E-state index in [1.54, 1.807) is 11.8 Å². The summed E-state index contributed by atoms with van der Waals surface area (Å²) in [5.74, 6) is 0. The van der Waals surface area contributed by atoms with Gasteiger partial charge in [0.15, 0.2) is 0 Å². The third-order valence-corrected chi connectivity index (χ3v) is 4.27. The monoisotopic (exact) mass is 259 g/mol. The summed E-state index contributed by atoms with van der Waals surface area (Å²) >= 11 is 1.68. The third-order valence-electron chi connectivity index (χ3n) is 2.87. The van der Waals surface area contributed by atoms with Crippen molar-refractivity contribution in [3.8, 4) is 0 Å². The van der Waals surface area contributed by atoms with Crippen LogP contribution in [-0.4, -0.2) is 5.11 Å². The molecule has 0 spiro atoms. The Hall–Kier alpha value is -1.29. The van der Waals surface area contributed by atoms with Gasteiger partial charge in [-0.2, -0.15) is 0 Å². The minimum Gasteiger partial charge on any atom is -0.392 e. The van der Waals surface area contributed by atoms with E-state index in [4.69, 9.17) is 5.73 Å². The zero-order valence-corrected chi connectivity index (χ0v) is 11.2. The summed E-state index contributed by atoms with van der Waals surface area (Å²) in [6, 6.07) is 14.1. The summed E-state index contributed by atoms with van der Waals surface area (Å²) in [5, 5.41) is 9.35. The molecule has 0 saturated heterocycles. The van der Waals surface area contributed by atoms with E-state index in [9.17, 15) is 5.11 Å². The Balaban J connectivity index is 2.39. The van der Waals surface area contributed by atoms with Crippen molar-refractivity contribution < 1.29 is 5.11 Å². The molecule has 0 atom stereocenters. The summed E-state index contributed by atoms with van der Waals surface area (Å²) in [6.07, 6.45) is 0. The van der Waals surface area contributed by atoms with Gasteiger partial charge in [-0.3, -0.25) is 0 Å². The number of aliphatic hydroxyl groups is 1. The van der Waals surface area contributed by atoms with Gasteiger partial charge in [0.1, 0.15) is 0 Å². The summed E-state index contributed by atoms with van der Waals surface area (Å²) < 4.78 is 0. The van der Waals surface area contributed by atoms with Crippen LogP contribution >= 0.6 is 11.8 Å². The van der Waals surface area contributed by atoms with Gasteiger partial charge in [-0.1, -0.05) is 48.2 Å². The van der Waals surface area contributed by atoms with E-state index in [2.05, 4.69) is 19.1 Å². The van der Waals surface area contributed by atoms with Crippen LogP contribution in [0.5, 0.6) is 0 Å². The van der Waals surface area contributed by atoms with E-state index in [-0.39, 0.29) is 6.61 Å². The Bertz CT molecular complexity index is 540. The molecule has 0 fully saturated rings. The number of nitrogens with two attached hydrogens (primary N) is 1. The van der Waals surface area contributed by atoms with Crippen molar-refractivity contribution in [3.63, 3.8) is 0 Å². The molecule has 2 aromatic rings. The molecule has 0 radical (unpaired) electrons. The summed E-state index contributed by atoms with van der Waals surface area (Å²) in [7, 11) is 0. The second-order valence-corrected chi connectivity index (χ2v) is 5.19. The van der Waals surface area contributed by atoms with Crippen molar-refractivity contribution in [1.82, 2.24) is 0 Å². The van der Waals surface area contributed by atoms with Crippen LogP contribution in [0.4, 0.5) is 0 Å². The van der Waals surface area contributed by atoms with E-state index >= 15 is 0 Å². The normalized spacial score (nSPS) is 10.6. The van der Waals surface area contributed by atoms with E-state index in [0.29, 0.717) is 6.54 Å². The Morgan fingerprint density at radius 2 is 1.78 bits per heavy atom. The van der Waals surface area contributed by atoms with Gasteiger partial charge in [0.25, 0.3) is 0 Å². The third kappa shape index (κ3) is 2.75. The van der Waals surface area contributed by atoms with Gasteiger partial charge < -0.3 is 10.8 Å². The summed E-state index contributed by atoms with van der Waals surface area (Å²) in [5.41, 5.74) is 9.10. The van der Waals surface area contributed by atoms with Crippen LogP contribution in [0.15, 0.2) is 52.3 Å². The fourth-order valence-corrected chi connectivity index (χ4v) is 3.01. The van der Waals surface area contributed by atoms with Gasteiger partial charge in [-0.05, 0) is 29.7 Å². The highest BCUT2D eigenvalue weighted by Gasteiger charge is 2.08. The summed E-state index contributed by atoms with van der Waals surface area (Å²) in [6.45, 7) is 2.68. The lowest BCUT2D eigenvalue weighted by atomic mass is 10.1. The van der Waals surface area contributed by atoms with Gasteiger partial charge in [-0.15, -0.1) is 0 Å². The molecule has 2 aromatic carbocycles. The largest absolute Gasteiger partial charge is 0.392 e. The maximum Gasteiger partial charge on any atom is 0.0692 e. The first kappa shape index (κ1) is 13.1. The van der Waals surface area contributed by atoms with E-state index < -0.39 is 0 Å². The van der Waals surface area contributed by atoms with Crippen LogP contribution < -0.4 is 5.73 Å². The van der Waals surface area contributed by atoms with Crippen LogP contribution in [0.2, 0.25) is 0 Å². The maximum absolute atomic E-state index is 9.35. The Labute approximate surface area is 112 Å². The van der Waals surface area contributed by atoms with Crippen molar-refractivity contribution in [1.29, 1.82) is 0 Å². The molecular formula is C15H17NOS. The quantitative estimate of drug-likeness (QED) is 0.887. The molecule has 0 aliphatic carbocycles. The number of hydrogen-bond donors (Lipinski definition) is 2. The van der Waals surface area contributed by atoms with Crippen molar-refractivity contribution in [2.24, 2.45) is 5.73 Å². The van der Waals surface area contributed by atoms with Crippen LogP contribution in [-0.2, 0) is 13.2 Å². The molecule has 0 aliphatic heterocycles. The van der Waals surface area contributed by atoms with Gasteiger partial charge in [0, 0.05) is 16.3 Å². The topological polar surface area (TPSA) is 46.2 Å². The molecule has 3 heteroatoms. The molecule has 3 N–H and O–H groups in total. The molecule has 2 nitrogen and oxygen atoms in total. The Morgan fingerprint density at radius 3 is 2.50 bits per heavy atom. The Morgan fingerprint density at radius 1 is 1.06 bits per heavy atom. The highest BCUT2D eigenvalue weighted by Crippen LogP contribution is 2.35. The van der Waals surface area contributed by atoms with E-state index in [0.717, 1.165) is 16.0 Å². The standard InChI is InChI=1S/C15H17NOS/c1-11-5-4-7-12(9-16)15(11)18-14-8-3-2-6-13(14)10-17/h2-8,17H,9-10,16H2,1H3. The van der Waals surface area contributed by atoms with Crippen LogP contribution in [0, 0.1) is 6.92 Å². The zero-order valence-electron chi connectivity index (χ0n) is 10.4.